The van der Waals surface area contributed by atoms with E-state index in [9.17, 15) is 10.1 Å². The van der Waals surface area contributed by atoms with Crippen LogP contribution in [0.2, 0.25) is 0 Å². The maximum atomic E-state index is 11.0. The SMILES string of the molecule is CCCC(C)OCc1ccc(NCC)c([N+](=O)[O-])c1. The summed E-state index contributed by atoms with van der Waals surface area (Å²) in [5.41, 5.74) is 1.49. The largest absolute Gasteiger partial charge is 0.380 e. The van der Waals surface area contributed by atoms with Crippen LogP contribution in [0.5, 0.6) is 0 Å². The fraction of sp³-hybridized carbons (Fsp3) is 0.571. The van der Waals surface area contributed by atoms with Gasteiger partial charge in [-0.3, -0.25) is 10.1 Å². The van der Waals surface area contributed by atoms with E-state index in [-0.39, 0.29) is 16.7 Å². The van der Waals surface area contributed by atoms with Crippen molar-refractivity contribution in [2.24, 2.45) is 0 Å². The molecule has 1 N–H and O–H groups in total. The fourth-order valence-electron chi connectivity index (χ4n) is 1.89. The first-order chi connectivity index (χ1) is 9.08. The molecule has 5 nitrogen and oxygen atoms in total. The van der Waals surface area contributed by atoms with Crippen molar-refractivity contribution >= 4 is 11.4 Å². The highest BCUT2D eigenvalue weighted by atomic mass is 16.6. The summed E-state index contributed by atoms with van der Waals surface area (Å²) in [7, 11) is 0. The van der Waals surface area contributed by atoms with E-state index >= 15 is 0 Å². The first-order valence-corrected chi connectivity index (χ1v) is 6.71. The second kappa shape index (κ2) is 7.74. The molecule has 1 unspecified atom stereocenters. The van der Waals surface area contributed by atoms with Crippen molar-refractivity contribution in [2.45, 2.75) is 46.3 Å². The molecule has 1 aromatic carbocycles. The summed E-state index contributed by atoms with van der Waals surface area (Å²) in [4.78, 5) is 10.7. The van der Waals surface area contributed by atoms with Crippen LogP contribution < -0.4 is 5.32 Å². The molecule has 5 heteroatoms. The van der Waals surface area contributed by atoms with Crippen molar-refractivity contribution < 1.29 is 9.66 Å². The van der Waals surface area contributed by atoms with Gasteiger partial charge in [-0.2, -0.15) is 0 Å². The van der Waals surface area contributed by atoms with Crippen LogP contribution in [0, 0.1) is 10.1 Å². The predicted octanol–water partition coefficient (Wildman–Crippen LogP) is 3.73. The molecule has 0 saturated carbocycles. The molecule has 0 aliphatic carbocycles. The Morgan fingerprint density at radius 3 is 2.74 bits per heavy atom. The van der Waals surface area contributed by atoms with Crippen LogP contribution in [0.25, 0.3) is 0 Å². The summed E-state index contributed by atoms with van der Waals surface area (Å²) < 4.78 is 5.66. The lowest BCUT2D eigenvalue weighted by molar-refractivity contribution is -0.384. The third-order valence-electron chi connectivity index (χ3n) is 2.86. The summed E-state index contributed by atoms with van der Waals surface area (Å²) in [5.74, 6) is 0. The van der Waals surface area contributed by atoms with E-state index in [0.717, 1.165) is 18.4 Å². The molecule has 19 heavy (non-hydrogen) atoms. The van der Waals surface area contributed by atoms with Crippen molar-refractivity contribution in [3.8, 4) is 0 Å². The lowest BCUT2D eigenvalue weighted by atomic mass is 10.1. The van der Waals surface area contributed by atoms with Gasteiger partial charge < -0.3 is 10.1 Å². The van der Waals surface area contributed by atoms with Gasteiger partial charge in [0.1, 0.15) is 5.69 Å². The zero-order chi connectivity index (χ0) is 14.3. The maximum Gasteiger partial charge on any atom is 0.292 e. The van der Waals surface area contributed by atoms with E-state index in [4.69, 9.17) is 4.74 Å². The molecule has 0 aromatic heterocycles. The third kappa shape index (κ3) is 4.87. The van der Waals surface area contributed by atoms with Crippen LogP contribution >= 0.6 is 0 Å². The van der Waals surface area contributed by atoms with Gasteiger partial charge in [-0.05, 0) is 31.9 Å². The van der Waals surface area contributed by atoms with E-state index in [2.05, 4.69) is 12.2 Å². The Hall–Kier alpha value is -1.62. The molecule has 106 valence electrons. The highest BCUT2D eigenvalue weighted by molar-refractivity contribution is 5.62. The molecule has 0 heterocycles. The zero-order valence-corrected chi connectivity index (χ0v) is 11.8. The second-order valence-electron chi connectivity index (χ2n) is 4.55. The summed E-state index contributed by atoms with van der Waals surface area (Å²) >= 11 is 0. The number of nitro benzene ring substituents is 1. The van der Waals surface area contributed by atoms with Crippen LogP contribution in [0.4, 0.5) is 11.4 Å². The normalized spacial score (nSPS) is 12.2. The Morgan fingerprint density at radius 1 is 1.42 bits per heavy atom. The number of nitrogens with one attached hydrogen (secondary N) is 1. The average Bonchev–Trinajstić information content (AvgIpc) is 2.38. The van der Waals surface area contributed by atoms with Gasteiger partial charge in [0.25, 0.3) is 5.69 Å². The Labute approximate surface area is 114 Å². The molecule has 0 spiro atoms. The molecule has 1 atom stereocenters. The molecule has 0 saturated heterocycles. The highest BCUT2D eigenvalue weighted by Crippen LogP contribution is 2.26. The van der Waals surface area contributed by atoms with Gasteiger partial charge in [-0.25, -0.2) is 0 Å². The lowest BCUT2D eigenvalue weighted by Gasteiger charge is -2.12. The minimum absolute atomic E-state index is 0.103. The molecule has 1 aromatic rings. The van der Waals surface area contributed by atoms with Gasteiger partial charge in [-0.1, -0.05) is 19.4 Å². The lowest BCUT2D eigenvalue weighted by Crippen LogP contribution is -2.08. The zero-order valence-electron chi connectivity index (χ0n) is 11.8. The number of anilines is 1. The quantitative estimate of drug-likeness (QED) is 0.575. The first kappa shape index (κ1) is 15.4. The van der Waals surface area contributed by atoms with Crippen LogP contribution in [0.1, 0.15) is 39.2 Å². The minimum atomic E-state index is -0.364. The topological polar surface area (TPSA) is 64.4 Å². The summed E-state index contributed by atoms with van der Waals surface area (Å²) in [6.45, 7) is 7.10. The molecule has 0 aliphatic rings. The third-order valence-corrected chi connectivity index (χ3v) is 2.86. The van der Waals surface area contributed by atoms with Crippen LogP contribution in [0.3, 0.4) is 0 Å². The van der Waals surface area contributed by atoms with Crippen molar-refractivity contribution in [3.05, 3.63) is 33.9 Å². The molecule has 1 rings (SSSR count). The predicted molar refractivity (Wildman–Crippen MR) is 76.4 cm³/mol. The van der Waals surface area contributed by atoms with E-state index < -0.39 is 0 Å². The number of rotatable bonds is 8. The van der Waals surface area contributed by atoms with Crippen LogP contribution in [-0.2, 0) is 11.3 Å². The van der Waals surface area contributed by atoms with Gasteiger partial charge in [0.2, 0.25) is 0 Å². The number of benzene rings is 1. The maximum absolute atomic E-state index is 11.0. The highest BCUT2D eigenvalue weighted by Gasteiger charge is 2.14. The summed E-state index contributed by atoms with van der Waals surface area (Å²) in [5, 5.41) is 14.0. The van der Waals surface area contributed by atoms with E-state index in [1.807, 2.05) is 19.9 Å². The number of hydrogen-bond donors (Lipinski definition) is 1. The second-order valence-corrected chi connectivity index (χ2v) is 4.55. The molecule has 0 amide bonds. The Morgan fingerprint density at radius 2 is 2.16 bits per heavy atom. The Balaban J connectivity index is 2.75. The average molecular weight is 266 g/mol. The monoisotopic (exact) mass is 266 g/mol. The summed E-state index contributed by atoms with van der Waals surface area (Å²) in [6, 6.07) is 5.19. The fourth-order valence-corrected chi connectivity index (χ4v) is 1.89. The van der Waals surface area contributed by atoms with E-state index in [1.165, 1.54) is 0 Å². The standard InChI is InChI=1S/C14H22N2O3/c1-4-6-11(3)19-10-12-7-8-13(15-5-2)14(9-12)16(17)18/h7-9,11,15H,4-6,10H2,1-3H3. The molecule has 0 fully saturated rings. The summed E-state index contributed by atoms with van der Waals surface area (Å²) in [6.07, 6.45) is 2.25. The van der Waals surface area contributed by atoms with Crippen LogP contribution in [0.15, 0.2) is 18.2 Å². The van der Waals surface area contributed by atoms with E-state index in [1.54, 1.807) is 12.1 Å². The number of nitro groups is 1. The van der Waals surface area contributed by atoms with E-state index in [0.29, 0.717) is 18.8 Å². The van der Waals surface area contributed by atoms with Crippen molar-refractivity contribution in [2.75, 3.05) is 11.9 Å². The van der Waals surface area contributed by atoms with Crippen LogP contribution in [-0.4, -0.2) is 17.6 Å². The Kier molecular flexibility index (Phi) is 6.29. The molecular weight excluding hydrogens is 244 g/mol. The van der Waals surface area contributed by atoms with Gasteiger partial charge in [0.15, 0.2) is 0 Å². The van der Waals surface area contributed by atoms with Crippen molar-refractivity contribution in [1.29, 1.82) is 0 Å². The first-order valence-electron chi connectivity index (χ1n) is 6.71. The number of ether oxygens (including phenoxy) is 1. The number of nitrogens with zero attached hydrogens (tertiary/aromatic N) is 1. The minimum Gasteiger partial charge on any atom is -0.380 e. The number of hydrogen-bond acceptors (Lipinski definition) is 4. The van der Waals surface area contributed by atoms with Gasteiger partial charge in [-0.15, -0.1) is 0 Å². The molecule has 0 bridgehead atoms. The van der Waals surface area contributed by atoms with Crippen molar-refractivity contribution in [3.63, 3.8) is 0 Å². The smallest absolute Gasteiger partial charge is 0.292 e. The van der Waals surface area contributed by atoms with Gasteiger partial charge in [0, 0.05) is 12.6 Å². The van der Waals surface area contributed by atoms with Gasteiger partial charge in [0.05, 0.1) is 17.6 Å². The van der Waals surface area contributed by atoms with Crippen molar-refractivity contribution in [1.82, 2.24) is 0 Å². The Bertz CT molecular complexity index is 421. The molecule has 0 radical (unpaired) electrons. The molecular formula is C14H22N2O3. The molecule has 0 aliphatic heterocycles. The van der Waals surface area contributed by atoms with Gasteiger partial charge >= 0.3 is 0 Å².